The molecule has 0 saturated heterocycles. The zero-order valence-electron chi connectivity index (χ0n) is 11.7. The number of sulfonamides is 1. The molecule has 0 fully saturated rings. The van der Waals surface area contributed by atoms with Gasteiger partial charge in [-0.3, -0.25) is 4.68 Å². The van der Waals surface area contributed by atoms with Crippen molar-refractivity contribution in [2.45, 2.75) is 25.0 Å². The number of nitrogens with one attached hydrogen (secondary N) is 1. The molecule has 1 aromatic carbocycles. The molecule has 0 spiro atoms. The second-order valence-electron chi connectivity index (χ2n) is 4.64. The first-order chi connectivity index (χ1) is 9.85. The summed E-state index contributed by atoms with van der Waals surface area (Å²) in [4.78, 5) is -0.0763. The van der Waals surface area contributed by atoms with Crippen molar-refractivity contribution in [2.75, 3.05) is 0 Å². The lowest BCUT2D eigenvalue weighted by atomic mass is 10.1. The first-order valence-electron chi connectivity index (χ1n) is 6.21. The van der Waals surface area contributed by atoms with E-state index in [1.54, 1.807) is 24.0 Å². The van der Waals surface area contributed by atoms with Crippen molar-refractivity contribution >= 4 is 10.0 Å². The summed E-state index contributed by atoms with van der Waals surface area (Å²) in [5.74, 6) is -0.594. The molecule has 0 atom stereocenters. The van der Waals surface area contributed by atoms with Gasteiger partial charge in [-0.05, 0) is 30.7 Å². The quantitative estimate of drug-likeness (QED) is 0.856. The van der Waals surface area contributed by atoms with Gasteiger partial charge >= 0.3 is 0 Å². The second kappa shape index (κ2) is 5.92. The molecule has 0 radical (unpaired) electrons. The minimum Gasteiger partial charge on any atom is -0.392 e. The summed E-state index contributed by atoms with van der Waals surface area (Å²) in [5, 5.41) is 13.0. The standard InChI is InChI=1S/C13H16FN3O3S/c1-9-5-12(6-10(8-18)13(9)14)21(19,20)16-7-11-3-4-15-17(11)2/h3-6,16,18H,7-8H2,1-2H3. The molecule has 0 saturated carbocycles. The van der Waals surface area contributed by atoms with Gasteiger partial charge in [-0.1, -0.05) is 0 Å². The highest BCUT2D eigenvalue weighted by Crippen LogP contribution is 2.19. The predicted octanol–water partition coefficient (Wildman–Crippen LogP) is 0.838. The number of aromatic nitrogens is 2. The van der Waals surface area contributed by atoms with Gasteiger partial charge in [-0.2, -0.15) is 5.10 Å². The van der Waals surface area contributed by atoms with E-state index in [1.165, 1.54) is 13.0 Å². The molecule has 0 aliphatic heterocycles. The average molecular weight is 313 g/mol. The van der Waals surface area contributed by atoms with Gasteiger partial charge in [-0.15, -0.1) is 0 Å². The molecule has 1 heterocycles. The minimum absolute atomic E-state index is 0.0455. The number of nitrogens with zero attached hydrogens (tertiary/aromatic N) is 2. The molecule has 114 valence electrons. The molecule has 0 aliphatic rings. The zero-order valence-corrected chi connectivity index (χ0v) is 12.5. The van der Waals surface area contributed by atoms with Crippen LogP contribution < -0.4 is 4.72 Å². The maximum Gasteiger partial charge on any atom is 0.240 e. The Balaban J connectivity index is 2.27. The van der Waals surface area contributed by atoms with E-state index in [0.29, 0.717) is 5.69 Å². The van der Waals surface area contributed by atoms with E-state index in [4.69, 9.17) is 5.11 Å². The number of aliphatic hydroxyl groups excluding tert-OH is 1. The number of benzene rings is 1. The van der Waals surface area contributed by atoms with Crippen LogP contribution in [0.2, 0.25) is 0 Å². The maximum absolute atomic E-state index is 13.6. The van der Waals surface area contributed by atoms with Gasteiger partial charge in [-0.25, -0.2) is 17.5 Å². The fourth-order valence-electron chi connectivity index (χ4n) is 1.90. The second-order valence-corrected chi connectivity index (χ2v) is 6.41. The lowest BCUT2D eigenvalue weighted by molar-refractivity contribution is 0.275. The van der Waals surface area contributed by atoms with Crippen LogP contribution in [0.4, 0.5) is 4.39 Å². The van der Waals surface area contributed by atoms with Crippen LogP contribution in [0, 0.1) is 12.7 Å². The fourth-order valence-corrected chi connectivity index (χ4v) is 3.04. The summed E-state index contributed by atoms with van der Waals surface area (Å²) >= 11 is 0. The Bertz CT molecular complexity index is 756. The molecule has 2 rings (SSSR count). The number of aliphatic hydroxyl groups is 1. The number of hydrogen-bond acceptors (Lipinski definition) is 4. The van der Waals surface area contributed by atoms with E-state index >= 15 is 0 Å². The van der Waals surface area contributed by atoms with Crippen molar-refractivity contribution in [1.82, 2.24) is 14.5 Å². The highest BCUT2D eigenvalue weighted by Gasteiger charge is 2.18. The van der Waals surface area contributed by atoms with E-state index in [2.05, 4.69) is 9.82 Å². The molecular formula is C13H16FN3O3S. The van der Waals surface area contributed by atoms with Crippen molar-refractivity contribution in [3.05, 3.63) is 47.0 Å². The average Bonchev–Trinajstić information content (AvgIpc) is 2.85. The lowest BCUT2D eigenvalue weighted by Gasteiger charge is -2.10. The SMILES string of the molecule is Cc1cc(S(=O)(=O)NCc2ccnn2C)cc(CO)c1F. The summed E-state index contributed by atoms with van der Waals surface area (Å²) in [6.07, 6.45) is 1.57. The van der Waals surface area contributed by atoms with Crippen LogP contribution in [0.25, 0.3) is 0 Å². The largest absolute Gasteiger partial charge is 0.392 e. The molecule has 21 heavy (non-hydrogen) atoms. The Hall–Kier alpha value is -1.77. The molecule has 2 aromatic rings. The first kappa shape index (κ1) is 15.6. The Morgan fingerprint density at radius 1 is 1.43 bits per heavy atom. The van der Waals surface area contributed by atoms with Crippen molar-refractivity contribution in [1.29, 1.82) is 0 Å². The smallest absolute Gasteiger partial charge is 0.240 e. The van der Waals surface area contributed by atoms with E-state index in [-0.39, 0.29) is 22.6 Å². The van der Waals surface area contributed by atoms with Gasteiger partial charge in [0.15, 0.2) is 0 Å². The topological polar surface area (TPSA) is 84.2 Å². The Kier molecular flexibility index (Phi) is 4.40. The van der Waals surface area contributed by atoms with Crippen molar-refractivity contribution in [2.24, 2.45) is 7.05 Å². The van der Waals surface area contributed by atoms with E-state index in [0.717, 1.165) is 6.07 Å². The van der Waals surface area contributed by atoms with Crippen LogP contribution >= 0.6 is 0 Å². The summed E-state index contributed by atoms with van der Waals surface area (Å²) < 4.78 is 42.1. The molecule has 2 N–H and O–H groups in total. The van der Waals surface area contributed by atoms with Gasteiger partial charge < -0.3 is 5.11 Å². The third kappa shape index (κ3) is 3.29. The normalized spacial score (nSPS) is 11.8. The van der Waals surface area contributed by atoms with Crippen LogP contribution in [0.15, 0.2) is 29.3 Å². The number of halogens is 1. The number of rotatable bonds is 5. The molecule has 6 nitrogen and oxygen atoms in total. The molecule has 0 amide bonds. The fraction of sp³-hybridized carbons (Fsp3) is 0.308. The zero-order chi connectivity index (χ0) is 15.6. The first-order valence-corrected chi connectivity index (χ1v) is 7.70. The molecular weight excluding hydrogens is 297 g/mol. The molecule has 0 aliphatic carbocycles. The Labute approximate surface area is 122 Å². The predicted molar refractivity (Wildman–Crippen MR) is 74.3 cm³/mol. The minimum atomic E-state index is -3.79. The van der Waals surface area contributed by atoms with Crippen molar-refractivity contribution in [3.63, 3.8) is 0 Å². The highest BCUT2D eigenvalue weighted by atomic mass is 32.2. The highest BCUT2D eigenvalue weighted by molar-refractivity contribution is 7.89. The Morgan fingerprint density at radius 2 is 2.14 bits per heavy atom. The number of hydrogen-bond donors (Lipinski definition) is 2. The third-order valence-corrected chi connectivity index (χ3v) is 4.53. The summed E-state index contributed by atoms with van der Waals surface area (Å²) in [6, 6.07) is 4.06. The van der Waals surface area contributed by atoms with Gasteiger partial charge in [0.1, 0.15) is 5.82 Å². The van der Waals surface area contributed by atoms with Gasteiger partial charge in [0, 0.05) is 18.8 Å². The summed E-state index contributed by atoms with van der Waals surface area (Å²) in [6.45, 7) is 0.968. The Morgan fingerprint density at radius 3 is 2.71 bits per heavy atom. The molecule has 0 bridgehead atoms. The van der Waals surface area contributed by atoms with E-state index in [1.807, 2.05) is 0 Å². The molecule has 8 heteroatoms. The van der Waals surface area contributed by atoms with Crippen molar-refractivity contribution in [3.8, 4) is 0 Å². The monoisotopic (exact) mass is 313 g/mol. The van der Waals surface area contributed by atoms with Crippen LogP contribution in [0.1, 0.15) is 16.8 Å². The maximum atomic E-state index is 13.6. The van der Waals surface area contributed by atoms with Crippen LogP contribution in [-0.4, -0.2) is 23.3 Å². The van der Waals surface area contributed by atoms with Crippen LogP contribution in [-0.2, 0) is 30.2 Å². The van der Waals surface area contributed by atoms with Crippen LogP contribution in [0.3, 0.4) is 0 Å². The molecule has 1 aromatic heterocycles. The number of aryl methyl sites for hydroxylation is 2. The summed E-state index contributed by atoms with van der Waals surface area (Å²) in [7, 11) is -2.09. The van der Waals surface area contributed by atoms with E-state index < -0.39 is 22.4 Å². The van der Waals surface area contributed by atoms with Crippen LogP contribution in [0.5, 0.6) is 0 Å². The van der Waals surface area contributed by atoms with Gasteiger partial charge in [0.05, 0.1) is 23.7 Å². The van der Waals surface area contributed by atoms with Gasteiger partial charge in [0.25, 0.3) is 0 Å². The third-order valence-electron chi connectivity index (χ3n) is 3.15. The summed E-state index contributed by atoms with van der Waals surface area (Å²) in [5.41, 5.74) is 0.818. The van der Waals surface area contributed by atoms with E-state index in [9.17, 15) is 12.8 Å². The molecule has 0 unspecified atom stereocenters. The van der Waals surface area contributed by atoms with Crippen molar-refractivity contribution < 1.29 is 17.9 Å². The lowest BCUT2D eigenvalue weighted by Crippen LogP contribution is -2.24. The van der Waals surface area contributed by atoms with Gasteiger partial charge in [0.2, 0.25) is 10.0 Å².